The highest BCUT2D eigenvalue weighted by Crippen LogP contribution is 2.76. The molecular formula is C52H88O21. The molecule has 4 aliphatic carbocycles. The van der Waals surface area contributed by atoms with Crippen molar-refractivity contribution in [2.45, 2.75) is 242 Å². The number of hydrogen-bond acceptors (Lipinski definition) is 21. The summed E-state index contributed by atoms with van der Waals surface area (Å²) in [7, 11) is 0. The van der Waals surface area contributed by atoms with Crippen LogP contribution in [0.4, 0.5) is 0 Å². The smallest absolute Gasteiger partial charge is 0.187 e. The molecule has 4 saturated carbocycles. The Morgan fingerprint density at radius 1 is 0.603 bits per heavy atom. The molecule has 73 heavy (non-hydrogen) atoms. The molecule has 0 spiro atoms. The fourth-order valence-corrected chi connectivity index (χ4v) is 15.7. The molecule has 0 aromatic rings. The molecule has 8 rings (SSSR count). The summed E-state index contributed by atoms with van der Waals surface area (Å²) in [5, 5.41) is 141. The zero-order chi connectivity index (χ0) is 53.5. The van der Waals surface area contributed by atoms with Gasteiger partial charge in [0, 0.05) is 0 Å². The van der Waals surface area contributed by atoms with Gasteiger partial charge in [0.1, 0.15) is 85.5 Å². The Hall–Kier alpha value is -1.10. The maximum atomic E-state index is 12.8. The van der Waals surface area contributed by atoms with Gasteiger partial charge in [-0.15, -0.1) is 0 Å². The van der Waals surface area contributed by atoms with Crippen LogP contribution in [0.25, 0.3) is 0 Å². The summed E-state index contributed by atoms with van der Waals surface area (Å²) < 4.78 is 48.0. The van der Waals surface area contributed by atoms with Crippen LogP contribution in [-0.2, 0) is 37.9 Å². The molecule has 13 N–H and O–H groups in total. The average molecular weight is 1050 g/mol. The minimum atomic E-state index is -1.75. The van der Waals surface area contributed by atoms with E-state index in [1.54, 1.807) is 0 Å². The summed E-state index contributed by atoms with van der Waals surface area (Å²) in [5.41, 5.74) is -1.17. The van der Waals surface area contributed by atoms with E-state index in [0.29, 0.717) is 32.1 Å². The molecular weight excluding hydrogens is 961 g/mol. The van der Waals surface area contributed by atoms with Gasteiger partial charge in [0.15, 0.2) is 25.2 Å². The van der Waals surface area contributed by atoms with Crippen molar-refractivity contribution in [1.29, 1.82) is 0 Å². The number of hydrogen-bond donors (Lipinski definition) is 13. The lowest BCUT2D eigenvalue weighted by Crippen LogP contribution is -2.67. The Morgan fingerprint density at radius 3 is 1.88 bits per heavy atom. The van der Waals surface area contributed by atoms with Crippen LogP contribution in [-0.4, -0.2) is 221 Å². The molecule has 4 saturated heterocycles. The third kappa shape index (κ3) is 10.3. The monoisotopic (exact) mass is 1050 g/mol. The molecule has 21 nitrogen and oxygen atoms in total. The standard InChI is InChI=1S/C52H88O21/c1-23(2)10-9-14-52(8,73-47-41(64)38(61)36(59)29(70-47)22-68-44-42(65)43(27(56)21-66-44)72-45-39(62)34(57)26(55)20-67-45)24-11-16-51(7)33(24)25(54)18-31-49(5)15-13-32(48(3,4)30(49)12-17-50(31,51)6)71-46-40(63)37(60)35(58)28(19-53)69-46/h10,24-47,53-65H,9,11-22H2,1-8H3/t24-,25+,26+,27+,28+,29+,30+,31+,32-,33-,34-,35+,36+,37-,38-,39+,40+,41+,42+,43-,44-,45-,46-,47-,49-,50+,51+,52-/m0/s1. The Balaban J connectivity index is 0.980. The molecule has 0 aromatic carbocycles. The minimum absolute atomic E-state index is 0.117. The van der Waals surface area contributed by atoms with E-state index in [1.807, 2.05) is 20.8 Å². The van der Waals surface area contributed by atoms with Gasteiger partial charge in [-0.1, -0.05) is 46.3 Å². The molecule has 8 fully saturated rings. The van der Waals surface area contributed by atoms with E-state index in [-0.39, 0.29) is 59.2 Å². The van der Waals surface area contributed by atoms with Crippen molar-refractivity contribution < 1.29 is 104 Å². The van der Waals surface area contributed by atoms with Gasteiger partial charge in [0.2, 0.25) is 0 Å². The van der Waals surface area contributed by atoms with E-state index in [1.165, 1.54) is 0 Å². The maximum absolute atomic E-state index is 12.8. The first-order valence-electron chi connectivity index (χ1n) is 26.7. The van der Waals surface area contributed by atoms with Crippen LogP contribution in [0.5, 0.6) is 0 Å². The first kappa shape index (κ1) is 58.1. The molecule has 21 heteroatoms. The van der Waals surface area contributed by atoms with Gasteiger partial charge in [-0.3, -0.25) is 0 Å². The fraction of sp³-hybridized carbons (Fsp3) is 0.962. The summed E-state index contributed by atoms with van der Waals surface area (Å²) in [5.74, 6) is -0.201. The van der Waals surface area contributed by atoms with Crippen molar-refractivity contribution in [2.24, 2.45) is 45.3 Å². The van der Waals surface area contributed by atoms with Crippen molar-refractivity contribution in [1.82, 2.24) is 0 Å². The predicted molar refractivity (Wildman–Crippen MR) is 254 cm³/mol. The van der Waals surface area contributed by atoms with Crippen molar-refractivity contribution in [3.05, 3.63) is 11.6 Å². The number of fused-ring (bicyclic) bond motifs is 5. The Kier molecular flexibility index (Phi) is 17.4. The summed E-state index contributed by atoms with van der Waals surface area (Å²) in [6.07, 6.45) is -19.7. The van der Waals surface area contributed by atoms with Gasteiger partial charge in [0.05, 0.1) is 44.2 Å². The van der Waals surface area contributed by atoms with Crippen LogP contribution >= 0.6 is 0 Å². The first-order chi connectivity index (χ1) is 34.1. The van der Waals surface area contributed by atoms with Crippen molar-refractivity contribution in [3.8, 4) is 0 Å². The van der Waals surface area contributed by atoms with Crippen LogP contribution < -0.4 is 0 Å². The third-order valence-corrected chi connectivity index (χ3v) is 20.1. The quantitative estimate of drug-likeness (QED) is 0.0739. The number of aliphatic hydroxyl groups is 13. The first-order valence-corrected chi connectivity index (χ1v) is 26.7. The SMILES string of the molecule is CC(C)=CCC[C@](C)(O[C@@H]1O[C@H](CO[C@@H]2OC[C@@H](O)[C@H](O[C@@H]3OC[C@@H](O)[C@H](O)[C@H]3O)[C@H]2O)[C@@H](O)[C@H](O)[C@H]1O)[C@H]1CC[C@]2(C)[C@@H]1[C@H](O)C[C@@H]1[C@@]3(C)CC[C@H](O[C@@H]4O[C@H](CO)[C@@H](O)[C@H](O)[C@H]4O)C(C)(C)[C@H]3CC[C@]12C. The van der Waals surface area contributed by atoms with Gasteiger partial charge >= 0.3 is 0 Å². The molecule has 422 valence electrons. The second-order valence-corrected chi connectivity index (χ2v) is 24.8. The summed E-state index contributed by atoms with van der Waals surface area (Å²) in [4.78, 5) is 0. The number of aliphatic hydroxyl groups excluding tert-OH is 13. The second-order valence-electron chi connectivity index (χ2n) is 24.8. The molecule has 0 aromatic heterocycles. The number of ether oxygens (including phenoxy) is 8. The molecule has 8 aliphatic rings. The lowest BCUT2D eigenvalue weighted by Gasteiger charge is -2.71. The summed E-state index contributed by atoms with van der Waals surface area (Å²) in [6, 6.07) is 0. The maximum Gasteiger partial charge on any atom is 0.187 e. The summed E-state index contributed by atoms with van der Waals surface area (Å²) >= 11 is 0. The lowest BCUT2D eigenvalue weighted by atomic mass is 9.35. The topological polar surface area (TPSA) is 337 Å². The van der Waals surface area contributed by atoms with E-state index < -0.39 is 141 Å². The molecule has 0 amide bonds. The summed E-state index contributed by atoms with van der Waals surface area (Å²) in [6.45, 7) is 15.6. The predicted octanol–water partition coefficient (Wildman–Crippen LogP) is -0.924. The highest BCUT2D eigenvalue weighted by Gasteiger charge is 2.72. The highest BCUT2D eigenvalue weighted by atomic mass is 16.7. The Bertz CT molecular complexity index is 1890. The minimum Gasteiger partial charge on any atom is -0.394 e. The number of allylic oxidation sites excluding steroid dienone is 2. The van der Waals surface area contributed by atoms with Gasteiger partial charge in [-0.2, -0.15) is 0 Å². The number of rotatable bonds is 14. The van der Waals surface area contributed by atoms with Gasteiger partial charge in [0.25, 0.3) is 0 Å². The van der Waals surface area contributed by atoms with E-state index >= 15 is 0 Å². The molecule has 4 aliphatic heterocycles. The van der Waals surface area contributed by atoms with Crippen LogP contribution in [0.2, 0.25) is 0 Å². The van der Waals surface area contributed by atoms with Crippen LogP contribution in [0.15, 0.2) is 11.6 Å². The van der Waals surface area contributed by atoms with E-state index in [0.717, 1.165) is 31.3 Å². The van der Waals surface area contributed by atoms with Crippen LogP contribution in [0, 0.1) is 45.3 Å². The second kappa shape index (κ2) is 21.9. The van der Waals surface area contributed by atoms with Gasteiger partial charge in [-0.05, 0) is 124 Å². The van der Waals surface area contributed by atoms with Crippen LogP contribution in [0.1, 0.15) is 113 Å². The molecule has 28 atom stereocenters. The fourth-order valence-electron chi connectivity index (χ4n) is 15.7. The van der Waals surface area contributed by atoms with Crippen LogP contribution in [0.3, 0.4) is 0 Å². The molecule has 0 unspecified atom stereocenters. The lowest BCUT2D eigenvalue weighted by molar-refractivity contribution is -0.353. The average Bonchev–Trinajstić information content (AvgIpc) is 3.72. The van der Waals surface area contributed by atoms with Crippen molar-refractivity contribution in [3.63, 3.8) is 0 Å². The van der Waals surface area contributed by atoms with Crippen molar-refractivity contribution in [2.75, 3.05) is 26.4 Å². The normalized spacial score (nSPS) is 52.8. The molecule has 0 bridgehead atoms. The van der Waals surface area contributed by atoms with Crippen molar-refractivity contribution >= 4 is 0 Å². The third-order valence-electron chi connectivity index (χ3n) is 20.1. The van der Waals surface area contributed by atoms with E-state index in [9.17, 15) is 66.4 Å². The molecule has 0 radical (unpaired) electrons. The Labute approximate surface area is 428 Å². The van der Waals surface area contributed by atoms with E-state index in [4.69, 9.17) is 37.9 Å². The molecule has 4 heterocycles. The Morgan fingerprint density at radius 2 is 1.21 bits per heavy atom. The zero-order valence-corrected chi connectivity index (χ0v) is 43.7. The zero-order valence-electron chi connectivity index (χ0n) is 43.7. The van der Waals surface area contributed by atoms with Gasteiger partial charge in [-0.25, -0.2) is 0 Å². The highest BCUT2D eigenvalue weighted by molar-refractivity contribution is 5.20. The van der Waals surface area contributed by atoms with Gasteiger partial charge < -0.3 is 104 Å². The van der Waals surface area contributed by atoms with E-state index in [2.05, 4.69) is 40.7 Å². The largest absolute Gasteiger partial charge is 0.394 e.